The third-order valence-electron chi connectivity index (χ3n) is 6.55. The zero-order chi connectivity index (χ0) is 21.1. The van der Waals surface area contributed by atoms with E-state index in [4.69, 9.17) is 9.47 Å². The molecule has 0 aromatic heterocycles. The van der Waals surface area contributed by atoms with Gasteiger partial charge in [0.15, 0.2) is 0 Å². The Morgan fingerprint density at radius 3 is 2.17 bits per heavy atom. The minimum Gasteiger partial charge on any atom is -0.497 e. The minimum absolute atomic E-state index is 0.0331. The van der Waals surface area contributed by atoms with Crippen LogP contribution in [0.25, 0.3) is 0 Å². The van der Waals surface area contributed by atoms with Crippen LogP contribution in [0.3, 0.4) is 0 Å². The van der Waals surface area contributed by atoms with Crippen molar-refractivity contribution in [2.75, 3.05) is 58.4 Å². The number of amides is 2. The number of carbonyl (C=O) groups is 2. The normalized spacial score (nSPS) is 24.3. The monoisotopic (exact) mass is 413 g/mol. The number of benzene rings is 1. The number of likely N-dealkylation sites (tertiary alicyclic amines) is 1. The summed E-state index contributed by atoms with van der Waals surface area (Å²) in [4.78, 5) is 31.4. The van der Waals surface area contributed by atoms with Gasteiger partial charge in [-0.25, -0.2) is 0 Å². The van der Waals surface area contributed by atoms with E-state index in [0.29, 0.717) is 19.4 Å². The number of hydrogen-bond acceptors (Lipinski definition) is 6. The molecule has 2 fully saturated rings. The highest BCUT2D eigenvalue weighted by atomic mass is 16.5. The second-order valence-corrected chi connectivity index (χ2v) is 8.20. The molecule has 2 aliphatic heterocycles. The van der Waals surface area contributed by atoms with Crippen LogP contribution in [0.4, 0.5) is 5.69 Å². The number of carbonyl (C=O) groups excluding carboxylic acids is 2. The van der Waals surface area contributed by atoms with Gasteiger partial charge in [0.25, 0.3) is 0 Å². The van der Waals surface area contributed by atoms with Gasteiger partial charge >= 0.3 is 0 Å². The summed E-state index contributed by atoms with van der Waals surface area (Å²) >= 11 is 0. The molecule has 0 radical (unpaired) electrons. The predicted octanol–water partition coefficient (Wildman–Crippen LogP) is 2.17. The Balaban J connectivity index is 1.25. The topological polar surface area (TPSA) is 62.3 Å². The van der Waals surface area contributed by atoms with Crippen molar-refractivity contribution in [1.82, 2.24) is 9.80 Å². The van der Waals surface area contributed by atoms with E-state index in [1.54, 1.807) is 14.2 Å². The highest BCUT2D eigenvalue weighted by Gasteiger charge is 2.46. The molecule has 2 amide bonds. The third kappa shape index (κ3) is 4.03. The maximum atomic E-state index is 12.6. The van der Waals surface area contributed by atoms with Crippen LogP contribution in [0.5, 0.6) is 11.5 Å². The first-order chi connectivity index (χ1) is 14.6. The largest absolute Gasteiger partial charge is 0.497 e. The first-order valence-electron chi connectivity index (χ1n) is 10.8. The summed E-state index contributed by atoms with van der Waals surface area (Å²) in [6, 6.07) is 5.92. The van der Waals surface area contributed by atoms with Crippen LogP contribution in [0.2, 0.25) is 0 Å². The predicted molar refractivity (Wildman–Crippen MR) is 115 cm³/mol. The van der Waals surface area contributed by atoms with Crippen molar-refractivity contribution in [3.8, 4) is 11.5 Å². The molecule has 30 heavy (non-hydrogen) atoms. The highest BCUT2D eigenvalue weighted by Crippen LogP contribution is 2.35. The summed E-state index contributed by atoms with van der Waals surface area (Å²) in [6.45, 7) is 5.17. The van der Waals surface area contributed by atoms with Gasteiger partial charge in [0.05, 0.1) is 31.7 Å². The average Bonchev–Trinajstić information content (AvgIpc) is 3.04. The number of methoxy groups -OCH3 is 2. The maximum Gasteiger partial charge on any atom is 0.233 e. The molecule has 0 saturated carbocycles. The van der Waals surface area contributed by atoms with E-state index in [9.17, 15) is 9.59 Å². The van der Waals surface area contributed by atoms with Crippen molar-refractivity contribution < 1.29 is 19.1 Å². The number of fused-ring (bicyclic) bond motifs is 1. The molecule has 1 aliphatic carbocycles. The summed E-state index contributed by atoms with van der Waals surface area (Å²) in [6.07, 6.45) is 6.32. The average molecular weight is 414 g/mol. The molecule has 2 saturated heterocycles. The fraction of sp³-hybridized carbons (Fsp3) is 0.565. The quantitative estimate of drug-likeness (QED) is 0.504. The van der Waals surface area contributed by atoms with Gasteiger partial charge in [-0.2, -0.15) is 0 Å². The fourth-order valence-corrected chi connectivity index (χ4v) is 4.80. The van der Waals surface area contributed by atoms with E-state index in [0.717, 1.165) is 56.3 Å². The summed E-state index contributed by atoms with van der Waals surface area (Å²) in [5, 5.41) is 0. The van der Waals surface area contributed by atoms with Gasteiger partial charge < -0.3 is 14.4 Å². The molecular formula is C23H31N3O4. The molecular weight excluding hydrogens is 382 g/mol. The molecule has 0 spiro atoms. The van der Waals surface area contributed by atoms with Crippen LogP contribution >= 0.6 is 0 Å². The van der Waals surface area contributed by atoms with Gasteiger partial charge in [-0.1, -0.05) is 12.2 Å². The lowest BCUT2D eigenvalue weighted by molar-refractivity contribution is -0.140. The lowest BCUT2D eigenvalue weighted by atomic mass is 9.85. The number of ether oxygens (including phenoxy) is 2. The van der Waals surface area contributed by atoms with Crippen molar-refractivity contribution in [3.63, 3.8) is 0 Å². The number of rotatable bonds is 7. The molecule has 1 aromatic rings. The van der Waals surface area contributed by atoms with Crippen LogP contribution in [0.15, 0.2) is 30.4 Å². The van der Waals surface area contributed by atoms with Crippen LogP contribution in [-0.2, 0) is 9.59 Å². The first kappa shape index (κ1) is 20.7. The Labute approximate surface area is 178 Å². The van der Waals surface area contributed by atoms with E-state index in [-0.39, 0.29) is 23.7 Å². The van der Waals surface area contributed by atoms with E-state index in [2.05, 4.69) is 9.80 Å². The van der Waals surface area contributed by atoms with Crippen molar-refractivity contribution in [2.45, 2.75) is 19.3 Å². The summed E-state index contributed by atoms with van der Waals surface area (Å²) < 4.78 is 10.8. The Morgan fingerprint density at radius 1 is 0.900 bits per heavy atom. The number of hydrogen-bond donors (Lipinski definition) is 0. The summed E-state index contributed by atoms with van der Waals surface area (Å²) in [5.41, 5.74) is 1.09. The summed E-state index contributed by atoms with van der Waals surface area (Å²) in [7, 11) is 3.34. The molecule has 0 N–H and O–H groups in total. The van der Waals surface area contributed by atoms with Crippen molar-refractivity contribution in [3.05, 3.63) is 30.4 Å². The number of piperazine rings is 1. The lowest BCUT2D eigenvalue weighted by Gasteiger charge is -2.36. The van der Waals surface area contributed by atoms with Gasteiger partial charge in [-0.3, -0.25) is 19.4 Å². The van der Waals surface area contributed by atoms with Crippen molar-refractivity contribution in [2.24, 2.45) is 11.8 Å². The van der Waals surface area contributed by atoms with Gasteiger partial charge in [0, 0.05) is 38.8 Å². The number of imide groups is 1. The Bertz CT molecular complexity index is 791. The lowest BCUT2D eigenvalue weighted by Crippen LogP contribution is -2.47. The number of allylic oxidation sites excluding steroid dienone is 2. The molecule has 3 aliphatic rings. The van der Waals surface area contributed by atoms with E-state index >= 15 is 0 Å². The van der Waals surface area contributed by atoms with Gasteiger partial charge in [-0.15, -0.1) is 0 Å². The van der Waals surface area contributed by atoms with Crippen LogP contribution in [-0.4, -0.2) is 75.1 Å². The second kappa shape index (κ2) is 9.08. The number of anilines is 1. The first-order valence-corrected chi connectivity index (χ1v) is 10.8. The standard InChI is InChI=1S/C23H31N3O4/c1-29-17-8-9-20(21(16-17)30-2)25-14-12-24(13-15-25)10-5-11-26-22(27)18-6-3-4-7-19(18)23(26)28/h3-4,8-9,16,18-19H,5-7,10-15H2,1-2H3. The molecule has 0 bridgehead atoms. The second-order valence-electron chi connectivity index (χ2n) is 8.20. The smallest absolute Gasteiger partial charge is 0.233 e. The maximum absolute atomic E-state index is 12.6. The molecule has 4 rings (SSSR count). The SMILES string of the molecule is COc1ccc(N2CCN(CCCN3C(=O)C4CC=CCC4C3=O)CC2)c(OC)c1. The molecule has 7 heteroatoms. The fourth-order valence-electron chi connectivity index (χ4n) is 4.80. The summed E-state index contributed by atoms with van der Waals surface area (Å²) in [5.74, 6) is 1.44. The molecule has 2 heterocycles. The van der Waals surface area contributed by atoms with Crippen LogP contribution in [0.1, 0.15) is 19.3 Å². The zero-order valence-corrected chi connectivity index (χ0v) is 17.9. The molecule has 2 atom stereocenters. The Morgan fingerprint density at radius 2 is 1.57 bits per heavy atom. The van der Waals surface area contributed by atoms with Crippen LogP contribution < -0.4 is 14.4 Å². The molecule has 1 aromatic carbocycles. The van der Waals surface area contributed by atoms with Crippen LogP contribution in [0, 0.1) is 11.8 Å². The highest BCUT2D eigenvalue weighted by molar-refractivity contribution is 6.05. The van der Waals surface area contributed by atoms with Crippen molar-refractivity contribution >= 4 is 17.5 Å². The third-order valence-corrected chi connectivity index (χ3v) is 6.55. The molecule has 7 nitrogen and oxygen atoms in total. The molecule has 162 valence electrons. The van der Waals surface area contributed by atoms with E-state index < -0.39 is 0 Å². The van der Waals surface area contributed by atoms with E-state index in [1.807, 2.05) is 30.4 Å². The minimum atomic E-state index is -0.120. The van der Waals surface area contributed by atoms with E-state index in [1.165, 1.54) is 4.90 Å². The molecule has 2 unspecified atom stereocenters. The zero-order valence-electron chi connectivity index (χ0n) is 17.9. The van der Waals surface area contributed by atoms with Crippen molar-refractivity contribution in [1.29, 1.82) is 0 Å². The Hall–Kier alpha value is -2.54. The number of nitrogens with zero attached hydrogens (tertiary/aromatic N) is 3. The Kier molecular flexibility index (Phi) is 6.27. The van der Waals surface area contributed by atoms with Gasteiger partial charge in [0.2, 0.25) is 11.8 Å². The van der Waals surface area contributed by atoms with Gasteiger partial charge in [-0.05, 0) is 37.9 Å². The van der Waals surface area contributed by atoms with Gasteiger partial charge in [0.1, 0.15) is 11.5 Å².